The third-order valence-corrected chi connectivity index (χ3v) is 4.30. The van der Waals surface area contributed by atoms with Crippen molar-refractivity contribution in [1.82, 2.24) is 19.6 Å². The number of aromatic nitrogens is 4. The molecule has 152 valence electrons. The van der Waals surface area contributed by atoms with E-state index in [0.29, 0.717) is 11.6 Å². The quantitative estimate of drug-likeness (QED) is 0.460. The Bertz CT molecular complexity index is 1050. The first-order valence-electron chi connectivity index (χ1n) is 8.32. The summed E-state index contributed by atoms with van der Waals surface area (Å²) in [5.41, 5.74) is -0.935. The van der Waals surface area contributed by atoms with E-state index < -0.39 is 35.2 Å². The summed E-state index contributed by atoms with van der Waals surface area (Å²) in [7, 11) is 0. The molecule has 0 saturated heterocycles. The first kappa shape index (κ1) is 20.4. The van der Waals surface area contributed by atoms with E-state index in [4.69, 9.17) is 11.6 Å². The molecule has 0 unspecified atom stereocenters. The number of nitro groups is 1. The highest BCUT2D eigenvalue weighted by atomic mass is 35.5. The summed E-state index contributed by atoms with van der Waals surface area (Å²) in [6, 6.07) is 8.76. The zero-order valence-corrected chi connectivity index (χ0v) is 15.8. The van der Waals surface area contributed by atoms with Crippen molar-refractivity contribution in [3.63, 3.8) is 0 Å². The number of hydrogen-bond acceptors (Lipinski definition) is 5. The molecule has 0 bridgehead atoms. The minimum absolute atomic E-state index is 0.131. The Morgan fingerprint density at radius 1 is 1.28 bits per heavy atom. The second-order valence-corrected chi connectivity index (χ2v) is 6.54. The topological polar surface area (TPSA) is 108 Å². The van der Waals surface area contributed by atoms with Crippen molar-refractivity contribution < 1.29 is 18.5 Å². The Balaban J connectivity index is 1.67. The summed E-state index contributed by atoms with van der Waals surface area (Å²) < 4.78 is 28.4. The predicted octanol–water partition coefficient (Wildman–Crippen LogP) is 3.57. The first-order chi connectivity index (χ1) is 13.7. The fourth-order valence-corrected chi connectivity index (χ4v) is 2.82. The number of rotatable bonds is 7. The minimum Gasteiger partial charge on any atom is -0.308 e. The Labute approximate surface area is 168 Å². The van der Waals surface area contributed by atoms with Gasteiger partial charge < -0.3 is 5.32 Å². The Kier molecular flexibility index (Phi) is 5.87. The number of anilines is 1. The van der Waals surface area contributed by atoms with E-state index >= 15 is 0 Å². The molecule has 2 heterocycles. The van der Waals surface area contributed by atoms with Crippen LogP contribution in [0.1, 0.15) is 23.4 Å². The molecular formula is C17H15ClF2N6O3. The number of carbonyl (C=O) groups is 1. The highest BCUT2D eigenvalue weighted by Crippen LogP contribution is 2.30. The minimum atomic E-state index is -3.12. The van der Waals surface area contributed by atoms with Crippen LogP contribution in [0.15, 0.2) is 36.5 Å². The summed E-state index contributed by atoms with van der Waals surface area (Å²) in [4.78, 5) is 22.3. The van der Waals surface area contributed by atoms with Crippen molar-refractivity contribution in [2.75, 3.05) is 5.32 Å². The van der Waals surface area contributed by atoms with Crippen LogP contribution in [0, 0.1) is 17.0 Å². The molecule has 2 aromatic heterocycles. The highest BCUT2D eigenvalue weighted by Gasteiger charge is 2.31. The lowest BCUT2D eigenvalue weighted by Crippen LogP contribution is -2.21. The summed E-state index contributed by atoms with van der Waals surface area (Å²) in [6.07, 6.45) is -1.47. The smallest absolute Gasteiger partial charge is 0.308 e. The number of hydrogen-bond donors (Lipinski definition) is 1. The molecule has 0 spiro atoms. The van der Waals surface area contributed by atoms with Crippen molar-refractivity contribution in [3.8, 4) is 0 Å². The van der Waals surface area contributed by atoms with Crippen molar-refractivity contribution in [2.24, 2.45) is 0 Å². The molecule has 0 aliphatic rings. The molecule has 12 heteroatoms. The summed E-state index contributed by atoms with van der Waals surface area (Å²) in [6.45, 7) is 1.24. The number of benzene rings is 1. The van der Waals surface area contributed by atoms with Gasteiger partial charge in [0.2, 0.25) is 11.6 Å². The molecule has 3 aromatic rings. The fraction of sp³-hybridized carbons (Fsp3) is 0.235. The Morgan fingerprint density at radius 3 is 2.55 bits per heavy atom. The number of nitrogens with one attached hydrogen (secondary N) is 1. The molecule has 0 atom stereocenters. The molecule has 0 radical (unpaired) electrons. The standard InChI is InChI=1S/C17H15ClF2N6O3/c1-10-16(26(28)29)15(17(19)20)23-25(10)9-14(27)21-13-6-7-24(22-13)8-11-2-4-12(18)5-3-11/h2-7,17H,8-9H2,1H3,(H,21,22,27). The molecule has 3 rings (SSSR count). The second kappa shape index (κ2) is 8.35. The van der Waals surface area contributed by atoms with E-state index in [0.717, 1.165) is 10.2 Å². The largest absolute Gasteiger partial charge is 0.319 e. The average Bonchev–Trinajstić information content (AvgIpc) is 3.21. The Morgan fingerprint density at radius 2 is 1.97 bits per heavy atom. The molecule has 0 aliphatic carbocycles. The summed E-state index contributed by atoms with van der Waals surface area (Å²) in [5.74, 6) is -0.361. The van der Waals surface area contributed by atoms with Crippen LogP contribution in [0.5, 0.6) is 0 Å². The lowest BCUT2D eigenvalue weighted by Gasteiger charge is -2.05. The third kappa shape index (κ3) is 4.74. The molecule has 9 nitrogen and oxygen atoms in total. The average molecular weight is 425 g/mol. The predicted molar refractivity (Wildman–Crippen MR) is 100.0 cm³/mol. The van der Waals surface area contributed by atoms with Crippen molar-refractivity contribution in [3.05, 3.63) is 68.6 Å². The van der Waals surface area contributed by atoms with Gasteiger partial charge in [0, 0.05) is 17.3 Å². The summed E-state index contributed by atoms with van der Waals surface area (Å²) >= 11 is 5.84. The second-order valence-electron chi connectivity index (χ2n) is 6.11. The highest BCUT2D eigenvalue weighted by molar-refractivity contribution is 6.30. The van der Waals surface area contributed by atoms with Crippen LogP contribution in [-0.2, 0) is 17.9 Å². The third-order valence-electron chi connectivity index (χ3n) is 4.05. The van der Waals surface area contributed by atoms with Gasteiger partial charge in [-0.1, -0.05) is 23.7 Å². The van der Waals surface area contributed by atoms with Gasteiger partial charge in [0.05, 0.1) is 11.5 Å². The van der Waals surface area contributed by atoms with Gasteiger partial charge in [-0.05, 0) is 24.6 Å². The van der Waals surface area contributed by atoms with Crippen molar-refractivity contribution >= 4 is 29.0 Å². The molecule has 0 aliphatic heterocycles. The van der Waals surface area contributed by atoms with Gasteiger partial charge in [-0.15, -0.1) is 0 Å². The van der Waals surface area contributed by atoms with E-state index in [1.165, 1.54) is 6.92 Å². The fourth-order valence-electron chi connectivity index (χ4n) is 2.70. The van der Waals surface area contributed by atoms with Crippen molar-refractivity contribution in [1.29, 1.82) is 0 Å². The number of halogens is 3. The van der Waals surface area contributed by atoms with Gasteiger partial charge in [0.25, 0.3) is 6.43 Å². The maximum Gasteiger partial charge on any atom is 0.319 e. The van der Waals surface area contributed by atoms with E-state index in [1.807, 2.05) is 12.1 Å². The van der Waals surface area contributed by atoms with Gasteiger partial charge in [0.1, 0.15) is 12.2 Å². The van der Waals surface area contributed by atoms with Crippen molar-refractivity contribution in [2.45, 2.75) is 26.4 Å². The number of alkyl halides is 2. The number of nitrogens with zero attached hydrogens (tertiary/aromatic N) is 5. The Hall–Kier alpha value is -3.34. The number of carbonyl (C=O) groups excluding carboxylic acids is 1. The van der Waals surface area contributed by atoms with Crippen LogP contribution in [0.2, 0.25) is 5.02 Å². The first-order valence-corrected chi connectivity index (χ1v) is 8.70. The monoisotopic (exact) mass is 424 g/mol. The SMILES string of the molecule is Cc1c([N+](=O)[O-])c(C(F)F)nn1CC(=O)Nc1ccn(Cc2ccc(Cl)cc2)n1. The van der Waals surface area contributed by atoms with Crippen LogP contribution in [-0.4, -0.2) is 30.4 Å². The summed E-state index contributed by atoms with van der Waals surface area (Å²) in [5, 5.41) is 21.8. The molecular weight excluding hydrogens is 410 g/mol. The maximum atomic E-state index is 13.0. The van der Waals surface area contributed by atoms with Crippen LogP contribution in [0.4, 0.5) is 20.3 Å². The van der Waals surface area contributed by atoms with Crippen LogP contribution in [0.3, 0.4) is 0 Å². The van der Waals surface area contributed by atoms with E-state index in [9.17, 15) is 23.7 Å². The molecule has 1 amide bonds. The van der Waals surface area contributed by atoms with E-state index in [1.54, 1.807) is 29.1 Å². The van der Waals surface area contributed by atoms with Crippen LogP contribution >= 0.6 is 11.6 Å². The van der Waals surface area contributed by atoms with E-state index in [2.05, 4.69) is 15.5 Å². The zero-order valence-electron chi connectivity index (χ0n) is 15.1. The van der Waals surface area contributed by atoms with Crippen LogP contribution in [0.25, 0.3) is 0 Å². The molecule has 29 heavy (non-hydrogen) atoms. The molecule has 1 aromatic carbocycles. The molecule has 0 fully saturated rings. The lowest BCUT2D eigenvalue weighted by molar-refractivity contribution is -0.386. The maximum absolute atomic E-state index is 13.0. The lowest BCUT2D eigenvalue weighted by atomic mass is 10.2. The number of amides is 1. The zero-order chi connectivity index (χ0) is 21.1. The van der Waals surface area contributed by atoms with Crippen LogP contribution < -0.4 is 5.32 Å². The van der Waals surface area contributed by atoms with Gasteiger partial charge in [-0.25, -0.2) is 8.78 Å². The van der Waals surface area contributed by atoms with Gasteiger partial charge in [-0.3, -0.25) is 24.3 Å². The molecule has 0 saturated carbocycles. The van der Waals surface area contributed by atoms with Gasteiger partial charge in [-0.2, -0.15) is 10.2 Å². The van der Waals surface area contributed by atoms with Gasteiger partial charge in [0.15, 0.2) is 5.82 Å². The molecule has 1 N–H and O–H groups in total. The van der Waals surface area contributed by atoms with Gasteiger partial charge >= 0.3 is 5.69 Å². The van der Waals surface area contributed by atoms with E-state index in [-0.39, 0.29) is 11.5 Å². The normalized spacial score (nSPS) is 11.1.